The van der Waals surface area contributed by atoms with Crippen LogP contribution in [0.5, 0.6) is 0 Å². The number of hydrogen-bond acceptors (Lipinski definition) is 3. The van der Waals surface area contributed by atoms with Crippen LogP contribution in [-0.2, 0) is 0 Å². The largest absolute Gasteiger partial charge is 0.370 e. The summed E-state index contributed by atoms with van der Waals surface area (Å²) in [4.78, 5) is 9.36. The van der Waals surface area contributed by atoms with Gasteiger partial charge in [0.1, 0.15) is 5.82 Å². The Labute approximate surface area is 206 Å². The molecule has 1 aliphatic rings. The van der Waals surface area contributed by atoms with E-state index in [0.717, 1.165) is 58.6 Å². The van der Waals surface area contributed by atoms with Crippen molar-refractivity contribution < 1.29 is 0 Å². The maximum Gasteiger partial charge on any atom is 0.186 e. The lowest BCUT2D eigenvalue weighted by Crippen LogP contribution is -2.38. The van der Waals surface area contributed by atoms with Gasteiger partial charge in [0.25, 0.3) is 0 Å². The van der Waals surface area contributed by atoms with E-state index in [1.807, 2.05) is 48.6 Å². The summed E-state index contributed by atoms with van der Waals surface area (Å²) in [6, 6.07) is 18.3. The summed E-state index contributed by atoms with van der Waals surface area (Å²) in [6.07, 6.45) is 8.35. The maximum absolute atomic E-state index is 5.98. The van der Waals surface area contributed by atoms with Crippen LogP contribution in [0.4, 0.5) is 5.82 Å². The van der Waals surface area contributed by atoms with Crippen LogP contribution in [0, 0.1) is 0 Å². The first-order valence-corrected chi connectivity index (χ1v) is 10.6. The lowest BCUT2D eigenvalue weighted by atomic mass is 9.90. The highest BCUT2D eigenvalue weighted by atomic mass is 35.5. The zero-order chi connectivity index (χ0) is 20.9. The second kappa shape index (κ2) is 12.0. The van der Waals surface area contributed by atoms with E-state index in [-0.39, 0.29) is 42.9 Å². The highest BCUT2D eigenvalue weighted by molar-refractivity contribution is 6.30. The van der Waals surface area contributed by atoms with Gasteiger partial charge in [0.15, 0.2) is 5.96 Å². The zero-order valence-electron chi connectivity index (χ0n) is 17.6. The van der Waals surface area contributed by atoms with E-state index in [2.05, 4.69) is 28.5 Å². The van der Waals surface area contributed by atoms with Gasteiger partial charge in [-0.15, -0.1) is 24.8 Å². The van der Waals surface area contributed by atoms with E-state index in [1.54, 1.807) is 0 Å². The summed E-state index contributed by atoms with van der Waals surface area (Å²) in [5.74, 6) is 1.01. The molecule has 3 aromatic rings. The summed E-state index contributed by atoms with van der Waals surface area (Å²) in [5, 5.41) is 6.60. The fourth-order valence-electron chi connectivity index (χ4n) is 3.97. The molecule has 170 valence electrons. The molecule has 2 aromatic carbocycles. The van der Waals surface area contributed by atoms with Crippen LogP contribution >= 0.6 is 36.4 Å². The Morgan fingerprint density at radius 2 is 1.72 bits per heavy atom. The zero-order valence-corrected chi connectivity index (χ0v) is 20.0. The molecule has 2 atom stereocenters. The summed E-state index contributed by atoms with van der Waals surface area (Å²) in [6.45, 7) is 0. The van der Waals surface area contributed by atoms with E-state index in [1.165, 1.54) is 0 Å². The fourth-order valence-corrected chi connectivity index (χ4v) is 4.10. The van der Waals surface area contributed by atoms with E-state index < -0.39 is 0 Å². The second-order valence-electron chi connectivity index (χ2n) is 7.66. The van der Waals surface area contributed by atoms with Crippen LogP contribution in [0.3, 0.4) is 0 Å². The minimum Gasteiger partial charge on any atom is -0.370 e. The molecule has 4 rings (SSSR count). The highest BCUT2D eigenvalue weighted by Gasteiger charge is 2.25. The van der Waals surface area contributed by atoms with Crippen molar-refractivity contribution in [2.45, 2.75) is 37.8 Å². The van der Waals surface area contributed by atoms with Crippen LogP contribution in [0.1, 0.15) is 36.9 Å². The molecule has 32 heavy (non-hydrogen) atoms. The Hall–Kier alpha value is -2.47. The van der Waals surface area contributed by atoms with Gasteiger partial charge in [0.05, 0.1) is 17.8 Å². The third-order valence-electron chi connectivity index (χ3n) is 5.44. The summed E-state index contributed by atoms with van der Waals surface area (Å²) in [7, 11) is 0. The Morgan fingerprint density at radius 3 is 2.47 bits per heavy atom. The number of rotatable bonds is 5. The predicted octanol–water partition coefficient (Wildman–Crippen LogP) is 5.90. The molecule has 1 aromatic heterocycles. The Morgan fingerprint density at radius 1 is 1.00 bits per heavy atom. The number of nitrogens with two attached hydrogens (primary N) is 2. The van der Waals surface area contributed by atoms with Crippen molar-refractivity contribution in [1.29, 1.82) is 0 Å². The first-order valence-electron chi connectivity index (χ1n) is 10.3. The third-order valence-corrected chi connectivity index (χ3v) is 5.70. The van der Waals surface area contributed by atoms with Gasteiger partial charge in [-0.05, 0) is 48.1 Å². The minimum absolute atomic E-state index is 0. The number of pyridine rings is 1. The molecular formula is C24H28Cl3N5. The van der Waals surface area contributed by atoms with Crippen LogP contribution < -0.4 is 16.8 Å². The molecule has 0 bridgehead atoms. The average molecular weight is 493 g/mol. The minimum atomic E-state index is 0. The van der Waals surface area contributed by atoms with Crippen LogP contribution in [0.2, 0.25) is 5.02 Å². The summed E-state index contributed by atoms with van der Waals surface area (Å²) < 4.78 is 0. The normalized spacial score (nSPS) is 17.9. The number of nitrogens with zero attached hydrogens (tertiary/aromatic N) is 2. The number of benzene rings is 2. The van der Waals surface area contributed by atoms with Crippen molar-refractivity contribution in [1.82, 2.24) is 4.98 Å². The number of aliphatic imine (C=N–C) groups is 1. The highest BCUT2D eigenvalue weighted by Crippen LogP contribution is 2.29. The molecule has 0 saturated heterocycles. The molecule has 0 aliphatic heterocycles. The molecule has 2 unspecified atom stereocenters. The van der Waals surface area contributed by atoms with Gasteiger partial charge >= 0.3 is 0 Å². The van der Waals surface area contributed by atoms with Gasteiger partial charge < -0.3 is 16.8 Å². The SMILES string of the molecule is Cl.Cl.NC(N)=NC1CCCCC1Nc1nc(/C=C\c2ccc(Cl)cc2)cc2ccccc12. The third kappa shape index (κ3) is 6.52. The first kappa shape index (κ1) is 25.8. The van der Waals surface area contributed by atoms with Crippen molar-refractivity contribution in [2.24, 2.45) is 16.5 Å². The van der Waals surface area contributed by atoms with E-state index in [0.29, 0.717) is 0 Å². The monoisotopic (exact) mass is 491 g/mol. The average Bonchev–Trinajstić information content (AvgIpc) is 2.74. The summed E-state index contributed by atoms with van der Waals surface area (Å²) >= 11 is 5.98. The molecule has 0 amide bonds. The Balaban J connectivity index is 0.00000181. The molecular weight excluding hydrogens is 465 g/mol. The van der Waals surface area contributed by atoms with Gasteiger partial charge in [-0.1, -0.05) is 66.9 Å². The second-order valence-corrected chi connectivity index (χ2v) is 8.09. The number of guanidine groups is 1. The molecule has 8 heteroatoms. The lowest BCUT2D eigenvalue weighted by Gasteiger charge is -2.30. The molecule has 5 nitrogen and oxygen atoms in total. The van der Waals surface area contributed by atoms with E-state index in [9.17, 15) is 0 Å². The van der Waals surface area contributed by atoms with Crippen LogP contribution in [0.15, 0.2) is 59.6 Å². The van der Waals surface area contributed by atoms with E-state index >= 15 is 0 Å². The topological polar surface area (TPSA) is 89.3 Å². The Bertz CT molecular complexity index is 1080. The summed E-state index contributed by atoms with van der Waals surface area (Å²) in [5.41, 5.74) is 13.3. The molecule has 1 aliphatic carbocycles. The lowest BCUT2D eigenvalue weighted by molar-refractivity contribution is 0.405. The number of nitrogens with one attached hydrogen (secondary N) is 1. The quantitative estimate of drug-likeness (QED) is 0.305. The molecule has 1 fully saturated rings. The van der Waals surface area contributed by atoms with Gasteiger partial charge in [-0.25, -0.2) is 9.98 Å². The maximum atomic E-state index is 5.98. The number of aromatic nitrogens is 1. The number of halogens is 3. The molecule has 0 radical (unpaired) electrons. The van der Waals surface area contributed by atoms with Crippen molar-refractivity contribution in [3.63, 3.8) is 0 Å². The van der Waals surface area contributed by atoms with Crippen molar-refractivity contribution in [3.8, 4) is 0 Å². The fraction of sp³-hybridized carbons (Fsp3) is 0.250. The molecule has 1 heterocycles. The van der Waals surface area contributed by atoms with Crippen molar-refractivity contribution >= 4 is 71.1 Å². The van der Waals surface area contributed by atoms with Gasteiger partial charge in [0.2, 0.25) is 0 Å². The molecule has 0 spiro atoms. The Kier molecular flexibility index (Phi) is 9.63. The smallest absolute Gasteiger partial charge is 0.186 e. The van der Waals surface area contributed by atoms with Gasteiger partial charge in [-0.3, -0.25) is 0 Å². The van der Waals surface area contributed by atoms with Crippen LogP contribution in [0.25, 0.3) is 22.9 Å². The van der Waals surface area contributed by atoms with Gasteiger partial charge in [-0.2, -0.15) is 0 Å². The van der Waals surface area contributed by atoms with Gasteiger partial charge in [0, 0.05) is 10.4 Å². The number of hydrogen-bond donors (Lipinski definition) is 3. The van der Waals surface area contributed by atoms with E-state index in [4.69, 9.17) is 28.1 Å². The van der Waals surface area contributed by atoms with Crippen LogP contribution in [-0.4, -0.2) is 23.0 Å². The van der Waals surface area contributed by atoms with Crippen molar-refractivity contribution in [3.05, 3.63) is 70.9 Å². The standard InChI is InChI=1S/C24H26ClN5.2ClH/c25-18-12-9-16(10-13-18)11-14-19-15-17-5-1-2-6-20(17)23(28-19)29-21-7-3-4-8-22(21)30-24(26)27;;/h1-2,5-6,9-15,21-22H,3-4,7-8H2,(H,28,29)(H4,26,27,30);2*1H/b14-11-;;. The molecule has 1 saturated carbocycles. The van der Waals surface area contributed by atoms with Crippen molar-refractivity contribution in [2.75, 3.05) is 5.32 Å². The molecule has 5 N–H and O–H groups in total. The predicted molar refractivity (Wildman–Crippen MR) is 142 cm³/mol. The number of fused-ring (bicyclic) bond motifs is 1. The number of anilines is 1. The first-order chi connectivity index (χ1) is 14.6.